The number of nitrogens with two attached hydrogens (primary N) is 4. The third-order valence-electron chi connectivity index (χ3n) is 24.1. The number of aryl methyl sites for hydroxylation is 4. The molecular weight excluding hydrogens is 1770 g/mol. The SMILES string of the molecule is C=P(C)(C)CCC1O[C@@H](n2c(C)nc3c(N)ccnc32)[C@H](O)[C@@H]1O.C=P(C)(C)CCC1O[C@@H](n2c(CC)nc3c(N)ccnc32)[C@H](O)[C@@H]1O.C=P(C)(C)CCC1O[C@@H](n2c(CCC)nc3c(N)ccnc32)[C@H](O)[C@@H]1O.C=P(C)(C)CCC1O[C@@H](n2c(CCCC)nc3c(N)ccnc32)[C@H](O)[C@@H]1O.C=P(C)(C)CCC1O[C@@H](n2cnc3c(NC/C=C(/C)CC)ncnc32)[C@H](O)[C@@H]1O. The molecule has 5 aliphatic heterocycles. The van der Waals surface area contributed by atoms with E-state index in [1.165, 1.54) is 11.9 Å². The highest BCUT2D eigenvalue weighted by Crippen LogP contribution is 2.47. The second kappa shape index (κ2) is 43.8. The number of unbranched alkanes of at least 4 members (excludes halogenated alkanes) is 1. The van der Waals surface area contributed by atoms with Crippen LogP contribution in [-0.4, -0.2) is 356 Å². The number of imidazole rings is 5. The summed E-state index contributed by atoms with van der Waals surface area (Å²) < 4.78 is 39.1. The van der Waals surface area contributed by atoms with Gasteiger partial charge in [0.15, 0.2) is 70.7 Å². The number of anilines is 5. The van der Waals surface area contributed by atoms with Gasteiger partial charge in [0.25, 0.3) is 0 Å². The molecule has 36 nitrogen and oxygen atoms in total. The Hall–Kier alpha value is -7.33. The van der Waals surface area contributed by atoms with Gasteiger partial charge < -0.3 is 103 Å². The fourth-order valence-electron chi connectivity index (χ4n) is 16.5. The molecule has 724 valence electrons. The van der Waals surface area contributed by atoms with Crippen molar-refractivity contribution < 1.29 is 74.7 Å². The number of aliphatic hydroxyl groups is 10. The third-order valence-corrected chi connectivity index (χ3v) is 31.4. The second-order valence-corrected chi connectivity index (χ2v) is 60.1. The fourth-order valence-corrected chi connectivity index (χ4v) is 21.3. The molecule has 0 amide bonds. The summed E-state index contributed by atoms with van der Waals surface area (Å²) in [4.78, 5) is 48.8. The summed E-state index contributed by atoms with van der Waals surface area (Å²) in [7, 11) is 0. The van der Waals surface area contributed by atoms with Gasteiger partial charge in [-0.15, -0.1) is 65.9 Å². The standard InChI is InChI=1S/C20H32N5O3P.C19H31N4O3P.C18H29N4O3P.C17H27N4O3P.C16H25N4O3P/c1-6-13(2)7-9-21-18-15-19(23-11-22-18)25(12-24-15)20-17(27)16(26)14(28-20)8-10-29(3,4)5;1-5-6-7-14-22-15-12(20)8-10-21-18(15)23(14)19-17(25)16(24)13(26-19)9-11-27(2,3)4;1-5-6-13-21-14-11(19)7-9-20-17(14)22(13)18-16(24)15(23)12(25-18)8-10-26(2,3)4;1-5-12-20-13-10(18)6-8-19-16(13)21(12)17-15(23)14(22)11(24-17)7-9-25(2,3)4;1-9-19-12-10(17)5-7-18-15(12)20(9)16-14(22)13(21)11(23-16)6-8-24(2,3)4/h7,11-12,14,16-17,20,26-27H,3,6,8-10H2,1-2,4-5H3,(H,21,22,23);8,10,13,16-17,19,24-25H,2,5-7,9,11H2,1,3-4H3,(H2,20,21);7,9,12,15-16,18,23-24H,2,5-6,8,10H2,1,3-4H3,(H2,19,20);6,8,11,14-15,17,22-23H,2,5,7,9H2,1,3-4H3,(H2,18,19);5,7,11,13-14,16,21-22H,2,6,8H2,1,3-4H3,(H2,17,18)/b13-7-;;;;/t14?,16-,17-,20-;13?,16-,17-,19-;12?,15-,16-,18-;11?,14-,15-,17-;11?,13-,14-,16-/m11111/s1. The molecule has 15 rings (SSSR count). The molecule has 131 heavy (non-hydrogen) atoms. The number of nitrogens with zero attached hydrogens (tertiary/aromatic N) is 16. The number of pyridine rings is 4. The normalized spacial score (nSPS) is 26.7. The van der Waals surface area contributed by atoms with E-state index in [9.17, 15) is 51.1 Å². The Morgan fingerprint density at radius 1 is 0.397 bits per heavy atom. The number of hydrogen-bond donors (Lipinski definition) is 15. The van der Waals surface area contributed by atoms with Crippen molar-refractivity contribution in [3.63, 3.8) is 0 Å². The smallest absolute Gasteiger partial charge is 0.167 e. The van der Waals surface area contributed by atoms with Gasteiger partial charge in [-0.25, -0.2) is 54.8 Å². The van der Waals surface area contributed by atoms with E-state index in [2.05, 4.69) is 192 Å². The third kappa shape index (κ3) is 25.1. The number of aliphatic hydroxyl groups excluding tert-OH is 10. The van der Waals surface area contributed by atoms with Crippen LogP contribution in [0.1, 0.15) is 147 Å². The van der Waals surface area contributed by atoms with Crippen molar-refractivity contribution in [2.24, 2.45) is 0 Å². The Bertz CT molecular complexity index is 5840. The lowest BCUT2D eigenvalue weighted by Gasteiger charge is -2.20. The van der Waals surface area contributed by atoms with Crippen molar-refractivity contribution >= 4 is 150 Å². The number of ether oxygens (including phenoxy) is 5. The maximum Gasteiger partial charge on any atom is 0.167 e. The lowest BCUT2D eigenvalue weighted by Crippen LogP contribution is -2.32. The Kier molecular flexibility index (Phi) is 34.8. The molecular formula is C90H144N21O15P5. The summed E-state index contributed by atoms with van der Waals surface area (Å²) in [6.45, 7) is 28.1. The van der Waals surface area contributed by atoms with Gasteiger partial charge in [0.05, 0.1) is 59.6 Å². The van der Waals surface area contributed by atoms with Gasteiger partial charge >= 0.3 is 0 Å². The topological polar surface area (TPSA) is 531 Å². The summed E-state index contributed by atoms with van der Waals surface area (Å²) >= 11 is 0. The van der Waals surface area contributed by atoms with E-state index in [-0.39, 0.29) is 0 Å². The maximum absolute atomic E-state index is 10.7. The minimum atomic E-state index is -1.24. The molecule has 20 atom stereocenters. The average Bonchev–Trinajstić information content (AvgIpc) is 1.61. The Labute approximate surface area is 768 Å². The van der Waals surface area contributed by atoms with E-state index in [1.54, 1.807) is 73.6 Å². The van der Waals surface area contributed by atoms with Crippen LogP contribution in [0.15, 0.2) is 73.4 Å². The molecule has 10 aromatic heterocycles. The minimum absolute atomic E-state index is 0.427. The van der Waals surface area contributed by atoms with Gasteiger partial charge in [0.1, 0.15) is 113 Å². The fraction of sp³-hybridized carbons (Fsp3) is 0.600. The lowest BCUT2D eigenvalue weighted by molar-refractivity contribution is -0.0368. The van der Waals surface area contributed by atoms with Crippen molar-refractivity contribution in [2.45, 2.75) is 241 Å². The number of fused-ring (bicyclic) bond motifs is 5. The van der Waals surface area contributed by atoms with Crippen LogP contribution in [0.25, 0.3) is 55.8 Å². The minimum Gasteiger partial charge on any atom is -0.397 e. The van der Waals surface area contributed by atoms with E-state index < -0.39 is 157 Å². The van der Waals surface area contributed by atoms with E-state index in [0.29, 0.717) is 142 Å². The first-order valence-electron chi connectivity index (χ1n) is 45.0. The highest BCUT2D eigenvalue weighted by Gasteiger charge is 2.50. The summed E-state index contributed by atoms with van der Waals surface area (Å²) in [6, 6.07) is 6.80. The highest BCUT2D eigenvalue weighted by atomic mass is 31.2. The van der Waals surface area contributed by atoms with Crippen molar-refractivity contribution in [3.8, 4) is 0 Å². The zero-order valence-electron chi connectivity index (χ0n) is 78.9. The summed E-state index contributed by atoms with van der Waals surface area (Å²) in [5, 5.41) is 109. The largest absolute Gasteiger partial charge is 0.397 e. The molecule has 0 bridgehead atoms. The summed E-state index contributed by atoms with van der Waals surface area (Å²) in [5.74, 6) is 3.52. The van der Waals surface area contributed by atoms with Crippen LogP contribution >= 0.6 is 34.4 Å². The predicted octanol–water partition coefficient (Wildman–Crippen LogP) is 8.41. The Balaban J connectivity index is 0.000000158. The van der Waals surface area contributed by atoms with Gasteiger partial charge in [-0.3, -0.25) is 22.8 Å². The van der Waals surface area contributed by atoms with Crippen LogP contribution in [0.3, 0.4) is 0 Å². The van der Waals surface area contributed by atoms with Crippen LogP contribution in [0, 0.1) is 6.92 Å². The first kappa shape index (κ1) is 104. The van der Waals surface area contributed by atoms with E-state index in [0.717, 1.165) is 80.4 Å². The number of rotatable bonds is 30. The zero-order valence-corrected chi connectivity index (χ0v) is 83.3. The zero-order chi connectivity index (χ0) is 96.0. The number of nitrogens with one attached hydrogen (secondary N) is 1. The number of nitrogen functional groups attached to an aromatic ring is 4. The molecule has 10 aromatic rings. The van der Waals surface area contributed by atoms with Crippen LogP contribution in [0.4, 0.5) is 28.6 Å². The van der Waals surface area contributed by atoms with Crippen molar-refractivity contribution in [1.82, 2.24) is 77.7 Å². The average molecular weight is 1920 g/mol. The number of aromatic nitrogens is 16. The molecule has 5 saturated heterocycles. The molecule has 5 aliphatic rings. The van der Waals surface area contributed by atoms with Crippen molar-refractivity contribution in [2.75, 3.05) is 132 Å². The summed E-state index contributed by atoms with van der Waals surface area (Å²) in [5.41, 5.74) is 33.4. The number of allylic oxidation sites excluding steroid dienone is 1. The molecule has 0 saturated carbocycles. The van der Waals surface area contributed by atoms with Crippen LogP contribution in [0.2, 0.25) is 0 Å². The second-order valence-electron chi connectivity index (χ2n) is 38.5. The Morgan fingerprint density at radius 2 is 0.718 bits per heavy atom. The Morgan fingerprint density at radius 3 is 1.06 bits per heavy atom. The van der Waals surface area contributed by atoms with Gasteiger partial charge in [-0.2, -0.15) is 0 Å². The maximum atomic E-state index is 10.7. The van der Waals surface area contributed by atoms with Crippen LogP contribution in [0.5, 0.6) is 0 Å². The lowest BCUT2D eigenvalue weighted by atomic mass is 10.1. The molecule has 19 N–H and O–H groups in total. The summed E-state index contributed by atoms with van der Waals surface area (Å²) in [6.07, 6.45) is 30.7. The van der Waals surface area contributed by atoms with Crippen LogP contribution in [-0.2, 0) is 42.9 Å². The predicted molar refractivity (Wildman–Crippen MR) is 539 cm³/mol. The quantitative estimate of drug-likeness (QED) is 0.0148. The van der Waals surface area contributed by atoms with E-state index in [4.69, 9.17) is 46.6 Å². The molecule has 41 heteroatoms. The van der Waals surface area contributed by atoms with Gasteiger partial charge in [0, 0.05) is 50.6 Å². The molecule has 15 heterocycles. The first-order valence-corrected chi connectivity index (χ1v) is 60.3. The molecule has 0 aromatic carbocycles. The molecule has 5 unspecified atom stereocenters. The van der Waals surface area contributed by atoms with Gasteiger partial charge in [-0.1, -0.05) is 45.8 Å². The number of hydrogen-bond acceptors (Lipinski definition) is 31. The molecule has 0 spiro atoms. The molecule has 0 radical (unpaired) electrons. The monoisotopic (exact) mass is 1910 g/mol. The van der Waals surface area contributed by atoms with Gasteiger partial charge in [0.2, 0.25) is 0 Å². The van der Waals surface area contributed by atoms with Gasteiger partial charge in [-0.05, 0) is 187 Å². The highest BCUT2D eigenvalue weighted by molar-refractivity contribution is 7.73. The van der Waals surface area contributed by atoms with Crippen molar-refractivity contribution in [3.05, 3.63) is 96.7 Å². The molecule has 5 fully saturated rings. The first-order chi connectivity index (χ1) is 61.6. The van der Waals surface area contributed by atoms with E-state index >= 15 is 0 Å². The van der Waals surface area contributed by atoms with E-state index in [1.807, 2.05) is 18.4 Å². The van der Waals surface area contributed by atoms with Crippen LogP contribution < -0.4 is 28.3 Å². The molecule has 0 aliphatic carbocycles. The van der Waals surface area contributed by atoms with Crippen molar-refractivity contribution in [1.29, 1.82) is 0 Å².